The summed E-state index contributed by atoms with van der Waals surface area (Å²) in [5.74, 6) is 0.724. The zero-order valence-electron chi connectivity index (χ0n) is 27.4. The zero-order valence-corrected chi connectivity index (χ0v) is 28.3. The predicted octanol–water partition coefficient (Wildman–Crippen LogP) is 13.0. The molecule has 1 fully saturated rings. The van der Waals surface area contributed by atoms with E-state index >= 15 is 0 Å². The van der Waals surface area contributed by atoms with Crippen molar-refractivity contribution in [2.75, 3.05) is 0 Å². The molecule has 1 spiro atoms. The van der Waals surface area contributed by atoms with Gasteiger partial charge in [0.15, 0.2) is 5.82 Å². The minimum atomic E-state index is 0.135. The van der Waals surface area contributed by atoms with E-state index in [9.17, 15) is 0 Å². The van der Waals surface area contributed by atoms with Crippen LogP contribution in [0.2, 0.25) is 0 Å². The number of fused-ring (bicyclic) bond motifs is 11. The molecule has 0 unspecified atom stereocenters. The monoisotopic (exact) mass is 660 g/mol. The lowest BCUT2D eigenvalue weighted by molar-refractivity contribution is 0.353. The lowest BCUT2D eigenvalue weighted by atomic mass is 9.67. The Labute approximate surface area is 293 Å². The van der Waals surface area contributed by atoms with E-state index in [1.54, 1.807) is 11.3 Å². The van der Waals surface area contributed by atoms with Crippen molar-refractivity contribution in [1.29, 1.82) is 0 Å². The van der Waals surface area contributed by atoms with Crippen LogP contribution in [-0.4, -0.2) is 9.97 Å². The maximum atomic E-state index is 6.75. The van der Waals surface area contributed by atoms with Gasteiger partial charge >= 0.3 is 0 Å². The molecule has 50 heavy (non-hydrogen) atoms. The van der Waals surface area contributed by atoms with Crippen LogP contribution in [0.4, 0.5) is 0 Å². The molecular weight excluding hydrogens is 629 g/mol. The molecule has 3 nitrogen and oxygen atoms in total. The summed E-state index contributed by atoms with van der Waals surface area (Å²) in [7, 11) is 0. The summed E-state index contributed by atoms with van der Waals surface area (Å²) < 4.78 is 9.03. The van der Waals surface area contributed by atoms with Gasteiger partial charge in [0.2, 0.25) is 0 Å². The normalized spacial score (nSPS) is 15.0. The van der Waals surface area contributed by atoms with Crippen LogP contribution in [0.15, 0.2) is 138 Å². The van der Waals surface area contributed by atoms with Crippen LogP contribution in [-0.2, 0) is 5.41 Å². The molecule has 3 heterocycles. The Kier molecular flexibility index (Phi) is 6.06. The van der Waals surface area contributed by atoms with Crippen molar-refractivity contribution in [3.8, 4) is 44.9 Å². The number of aromatic nitrogens is 2. The minimum absolute atomic E-state index is 0.135. The van der Waals surface area contributed by atoms with E-state index in [1.165, 1.54) is 70.2 Å². The Bertz CT molecular complexity index is 2800. The van der Waals surface area contributed by atoms with Crippen molar-refractivity contribution in [3.05, 3.63) is 145 Å². The second-order valence-corrected chi connectivity index (χ2v) is 15.0. The summed E-state index contributed by atoms with van der Waals surface area (Å²) in [4.78, 5) is 10.4. The first-order valence-corrected chi connectivity index (χ1v) is 18.5. The number of nitrogens with zero attached hydrogens (tertiary/aromatic N) is 2. The lowest BCUT2D eigenvalue weighted by Crippen LogP contribution is -2.28. The molecule has 0 amide bonds. The Morgan fingerprint density at radius 3 is 2.20 bits per heavy atom. The highest BCUT2D eigenvalue weighted by atomic mass is 32.1. The average Bonchev–Trinajstić information content (AvgIpc) is 3.83. The second kappa shape index (κ2) is 10.7. The van der Waals surface area contributed by atoms with Crippen LogP contribution in [0.1, 0.15) is 43.2 Å². The molecule has 0 saturated heterocycles. The molecule has 6 aromatic carbocycles. The molecule has 4 heteroatoms. The number of thiophene rings is 1. The van der Waals surface area contributed by atoms with Crippen LogP contribution in [0, 0.1) is 0 Å². The Hall–Kier alpha value is -5.58. The molecule has 2 aliphatic rings. The van der Waals surface area contributed by atoms with E-state index < -0.39 is 0 Å². The van der Waals surface area contributed by atoms with Gasteiger partial charge in [-0.3, -0.25) is 0 Å². The number of furan rings is 1. The van der Waals surface area contributed by atoms with Crippen molar-refractivity contribution in [1.82, 2.24) is 9.97 Å². The van der Waals surface area contributed by atoms with Crippen LogP contribution >= 0.6 is 11.3 Å². The number of hydrogen-bond acceptors (Lipinski definition) is 4. The fourth-order valence-electron chi connectivity index (χ4n) is 8.98. The van der Waals surface area contributed by atoms with E-state index in [1.807, 2.05) is 18.2 Å². The van der Waals surface area contributed by atoms with E-state index in [0.29, 0.717) is 0 Å². The summed E-state index contributed by atoms with van der Waals surface area (Å²) in [5.41, 5.74) is 14.1. The van der Waals surface area contributed by atoms with Crippen molar-refractivity contribution in [3.63, 3.8) is 0 Å². The highest BCUT2D eigenvalue weighted by molar-refractivity contribution is 7.26. The fourth-order valence-corrected chi connectivity index (χ4v) is 10.1. The number of hydrogen-bond donors (Lipinski definition) is 0. The molecule has 0 bridgehead atoms. The molecule has 2 aliphatic carbocycles. The number of rotatable bonds is 3. The summed E-state index contributed by atoms with van der Waals surface area (Å²) in [6.45, 7) is 0. The maximum Gasteiger partial charge on any atom is 0.160 e. The zero-order chi connectivity index (χ0) is 32.8. The van der Waals surface area contributed by atoms with Crippen LogP contribution in [0.5, 0.6) is 0 Å². The van der Waals surface area contributed by atoms with Crippen molar-refractivity contribution < 1.29 is 4.42 Å². The molecule has 3 aromatic heterocycles. The first-order valence-electron chi connectivity index (χ1n) is 17.7. The summed E-state index contributed by atoms with van der Waals surface area (Å²) in [5, 5.41) is 3.38. The molecule has 0 aliphatic heterocycles. The standard InChI is InChI=1S/C46H32N2OS/c1-3-12-28(13-4-1)45-47-41-34-15-6-8-19-40(34)50-44(41)42(48-45)35-17-11-16-33-36-26-29(21-23-39(36)49-43(33)35)30-20-22-32-31-14-5-7-18-37(31)46(38(32)27-30)24-9-2-10-25-46/h1,3-8,11-23,26-27H,2,9-10,24-25H2. The van der Waals surface area contributed by atoms with Gasteiger partial charge in [-0.2, -0.15) is 0 Å². The smallest absolute Gasteiger partial charge is 0.160 e. The Balaban J connectivity index is 1.09. The van der Waals surface area contributed by atoms with Gasteiger partial charge in [0.25, 0.3) is 0 Å². The summed E-state index contributed by atoms with van der Waals surface area (Å²) >= 11 is 1.75. The van der Waals surface area contributed by atoms with Crippen LogP contribution in [0.3, 0.4) is 0 Å². The van der Waals surface area contributed by atoms with Gasteiger partial charge in [-0.15, -0.1) is 11.3 Å². The van der Waals surface area contributed by atoms with E-state index in [2.05, 4.69) is 115 Å². The van der Waals surface area contributed by atoms with Crippen molar-refractivity contribution in [2.45, 2.75) is 37.5 Å². The predicted molar refractivity (Wildman–Crippen MR) is 208 cm³/mol. The highest BCUT2D eigenvalue weighted by Crippen LogP contribution is 2.56. The van der Waals surface area contributed by atoms with Gasteiger partial charge < -0.3 is 4.42 Å². The third kappa shape index (κ3) is 4.03. The van der Waals surface area contributed by atoms with Crippen LogP contribution < -0.4 is 0 Å². The van der Waals surface area contributed by atoms with Gasteiger partial charge in [-0.05, 0) is 76.6 Å². The molecule has 11 rings (SSSR count). The first kappa shape index (κ1) is 28.3. The largest absolute Gasteiger partial charge is 0.455 e. The van der Waals surface area contributed by atoms with Gasteiger partial charge in [-0.25, -0.2) is 9.97 Å². The van der Waals surface area contributed by atoms with E-state index in [4.69, 9.17) is 14.4 Å². The third-order valence-corrected chi connectivity index (χ3v) is 12.5. The first-order chi connectivity index (χ1) is 24.7. The number of benzene rings is 6. The molecule has 238 valence electrons. The highest BCUT2D eigenvalue weighted by Gasteiger charge is 2.43. The maximum absolute atomic E-state index is 6.75. The van der Waals surface area contributed by atoms with E-state index in [-0.39, 0.29) is 5.41 Å². The average molecular weight is 661 g/mol. The molecule has 0 radical (unpaired) electrons. The van der Waals surface area contributed by atoms with Gasteiger partial charge in [-0.1, -0.05) is 122 Å². The van der Waals surface area contributed by atoms with Gasteiger partial charge in [0, 0.05) is 37.4 Å². The number of para-hydroxylation sites is 1. The van der Waals surface area contributed by atoms with Crippen molar-refractivity contribution >= 4 is 53.6 Å². The molecular formula is C46H32N2OS. The van der Waals surface area contributed by atoms with Crippen molar-refractivity contribution in [2.24, 2.45) is 0 Å². The van der Waals surface area contributed by atoms with Crippen LogP contribution in [0.25, 0.3) is 87.1 Å². The minimum Gasteiger partial charge on any atom is -0.455 e. The molecule has 9 aromatic rings. The summed E-state index contributed by atoms with van der Waals surface area (Å²) in [6, 6.07) is 48.3. The fraction of sp³-hybridized carbons (Fsp3) is 0.130. The molecule has 0 N–H and O–H groups in total. The topological polar surface area (TPSA) is 38.9 Å². The quantitative estimate of drug-likeness (QED) is 0.189. The third-order valence-electron chi connectivity index (χ3n) is 11.3. The summed E-state index contributed by atoms with van der Waals surface area (Å²) in [6.07, 6.45) is 6.39. The van der Waals surface area contributed by atoms with E-state index in [0.717, 1.165) is 60.2 Å². The van der Waals surface area contributed by atoms with Gasteiger partial charge in [0.1, 0.15) is 11.2 Å². The Morgan fingerprint density at radius 1 is 0.540 bits per heavy atom. The molecule has 0 atom stereocenters. The van der Waals surface area contributed by atoms with Gasteiger partial charge in [0.05, 0.1) is 15.9 Å². The lowest BCUT2D eigenvalue weighted by Gasteiger charge is -2.36. The SMILES string of the molecule is c1ccc(-c2nc(-c3cccc4c3oc3ccc(-c5ccc6c(c5)C5(CCCCC5)c5ccccc5-6)cc34)c3sc4ccccc4c3n2)cc1. The molecule has 1 saturated carbocycles. The second-order valence-electron chi connectivity index (χ2n) is 14.0. The Morgan fingerprint density at radius 2 is 1.28 bits per heavy atom.